The molecule has 0 aliphatic heterocycles. The zero-order valence-corrected chi connectivity index (χ0v) is 5.82. The molecule has 0 spiro atoms. The monoisotopic (exact) mass is 153 g/mol. The van der Waals surface area contributed by atoms with E-state index < -0.39 is 4.92 Å². The Bertz CT molecular complexity index is 240. The van der Waals surface area contributed by atoms with E-state index in [0.717, 1.165) is 6.08 Å². The average Bonchev–Trinajstić information content (AvgIpc) is 1.98. The number of aldehydes is 1. The summed E-state index contributed by atoms with van der Waals surface area (Å²) in [7, 11) is 0. The smallest absolute Gasteiger partial charge is 0.279 e. The lowest BCUT2D eigenvalue weighted by molar-refractivity contribution is -0.420. The second kappa shape index (κ2) is 4.16. The molecular weight excluding hydrogens is 146 g/mol. The molecule has 11 heavy (non-hydrogen) atoms. The van der Waals surface area contributed by atoms with Crippen LogP contribution in [0.3, 0.4) is 0 Å². The van der Waals surface area contributed by atoms with Gasteiger partial charge in [-0.15, -0.1) is 0 Å². The summed E-state index contributed by atoms with van der Waals surface area (Å²) in [5.41, 5.74) is -0.482. The SMILES string of the molecule is C=C/C=C(\C(=C)C=O)[N+](=O)[O-]. The molecule has 4 nitrogen and oxygen atoms in total. The van der Waals surface area contributed by atoms with Gasteiger partial charge in [0.1, 0.15) is 0 Å². The van der Waals surface area contributed by atoms with Gasteiger partial charge in [0.25, 0.3) is 5.70 Å². The first kappa shape index (κ1) is 9.29. The van der Waals surface area contributed by atoms with Gasteiger partial charge in [-0.3, -0.25) is 14.9 Å². The van der Waals surface area contributed by atoms with Crippen molar-refractivity contribution in [3.63, 3.8) is 0 Å². The third kappa shape index (κ3) is 2.57. The molecule has 0 unspecified atom stereocenters. The van der Waals surface area contributed by atoms with Crippen LogP contribution in [-0.2, 0) is 4.79 Å². The number of hydrogen-bond donors (Lipinski definition) is 0. The zero-order chi connectivity index (χ0) is 8.85. The summed E-state index contributed by atoms with van der Waals surface area (Å²) in [5, 5.41) is 10.2. The van der Waals surface area contributed by atoms with E-state index >= 15 is 0 Å². The summed E-state index contributed by atoms with van der Waals surface area (Å²) in [5.74, 6) is 0. The molecule has 0 fully saturated rings. The number of nitro groups is 1. The maximum Gasteiger partial charge on any atom is 0.279 e. The van der Waals surface area contributed by atoms with Gasteiger partial charge < -0.3 is 0 Å². The largest absolute Gasteiger partial charge is 0.298 e. The Labute approximate surface area is 63.7 Å². The molecule has 0 N–H and O–H groups in total. The molecule has 0 amide bonds. The molecule has 0 aromatic carbocycles. The minimum absolute atomic E-state index is 0.157. The number of nitrogens with zero attached hydrogens (tertiary/aromatic N) is 1. The van der Waals surface area contributed by atoms with Crippen molar-refractivity contribution in [3.05, 3.63) is 46.7 Å². The maximum atomic E-state index is 10.2. The third-order valence-corrected chi connectivity index (χ3v) is 0.944. The van der Waals surface area contributed by atoms with E-state index in [1.807, 2.05) is 0 Å². The highest BCUT2D eigenvalue weighted by molar-refractivity contribution is 5.77. The van der Waals surface area contributed by atoms with Crippen molar-refractivity contribution in [3.8, 4) is 0 Å². The van der Waals surface area contributed by atoms with E-state index in [0.29, 0.717) is 6.29 Å². The van der Waals surface area contributed by atoms with Crippen LogP contribution < -0.4 is 0 Å². The highest BCUT2D eigenvalue weighted by Gasteiger charge is 2.12. The van der Waals surface area contributed by atoms with Crippen molar-refractivity contribution in [2.24, 2.45) is 0 Å². The summed E-state index contributed by atoms with van der Waals surface area (Å²) in [6.07, 6.45) is 2.68. The summed E-state index contributed by atoms with van der Waals surface area (Å²) in [6, 6.07) is 0. The zero-order valence-electron chi connectivity index (χ0n) is 5.82. The molecule has 58 valence electrons. The number of hydrogen-bond acceptors (Lipinski definition) is 3. The first-order valence-corrected chi connectivity index (χ1v) is 2.75. The van der Waals surface area contributed by atoms with Gasteiger partial charge in [-0.2, -0.15) is 0 Å². The second-order valence-corrected chi connectivity index (χ2v) is 1.69. The molecule has 0 aliphatic rings. The van der Waals surface area contributed by atoms with Gasteiger partial charge in [0, 0.05) is 6.08 Å². The quantitative estimate of drug-likeness (QED) is 0.200. The topological polar surface area (TPSA) is 60.2 Å². The van der Waals surface area contributed by atoms with Crippen LogP contribution in [0.25, 0.3) is 0 Å². The summed E-state index contributed by atoms with van der Waals surface area (Å²) in [4.78, 5) is 19.5. The molecule has 0 saturated heterocycles. The second-order valence-electron chi connectivity index (χ2n) is 1.69. The van der Waals surface area contributed by atoms with Crippen LogP contribution in [0.1, 0.15) is 0 Å². The molecular formula is C7H7NO3. The lowest BCUT2D eigenvalue weighted by Crippen LogP contribution is -2.01. The molecule has 4 heteroatoms. The first-order chi connectivity index (χ1) is 5.13. The van der Waals surface area contributed by atoms with Crippen LogP contribution in [0.15, 0.2) is 36.6 Å². The molecule has 0 heterocycles. The minimum Gasteiger partial charge on any atom is -0.298 e. The Hall–Kier alpha value is -1.71. The summed E-state index contributed by atoms with van der Waals surface area (Å²) < 4.78 is 0. The number of rotatable bonds is 4. The molecule has 0 saturated carbocycles. The predicted octanol–water partition coefficient (Wildman–Crippen LogP) is 1.09. The molecule has 0 bridgehead atoms. The van der Waals surface area contributed by atoms with Gasteiger partial charge in [0.05, 0.1) is 10.5 Å². The van der Waals surface area contributed by atoms with Crippen LogP contribution in [0.2, 0.25) is 0 Å². The normalized spacial score (nSPS) is 10.4. The Kier molecular flexibility index (Phi) is 3.51. The number of carbonyl (C=O) groups excluding carboxylic acids is 1. The molecule has 0 aromatic rings. The molecule has 0 radical (unpaired) electrons. The standard InChI is InChI=1S/C7H7NO3/c1-3-4-7(8(10)11)6(2)5-9/h3-5H,1-2H2/b7-4+. The number of allylic oxidation sites excluding steroid dienone is 3. The Balaban J connectivity index is 4.74. The fraction of sp³-hybridized carbons (Fsp3) is 0. The molecule has 0 rings (SSSR count). The van der Waals surface area contributed by atoms with E-state index in [4.69, 9.17) is 0 Å². The first-order valence-electron chi connectivity index (χ1n) is 2.75. The highest BCUT2D eigenvalue weighted by Crippen LogP contribution is 2.04. The fourth-order valence-corrected chi connectivity index (χ4v) is 0.457. The molecule has 0 aliphatic carbocycles. The van der Waals surface area contributed by atoms with E-state index in [1.165, 1.54) is 6.08 Å². The van der Waals surface area contributed by atoms with Crippen LogP contribution in [0, 0.1) is 10.1 Å². The van der Waals surface area contributed by atoms with Crippen LogP contribution in [-0.4, -0.2) is 11.2 Å². The minimum atomic E-state index is -0.682. The van der Waals surface area contributed by atoms with Gasteiger partial charge in [0.15, 0.2) is 6.29 Å². The van der Waals surface area contributed by atoms with Gasteiger partial charge in [-0.05, 0) is 0 Å². The van der Waals surface area contributed by atoms with E-state index in [2.05, 4.69) is 13.2 Å². The van der Waals surface area contributed by atoms with E-state index in [1.54, 1.807) is 0 Å². The van der Waals surface area contributed by atoms with Crippen molar-refractivity contribution in [2.45, 2.75) is 0 Å². The van der Waals surface area contributed by atoms with Crippen LogP contribution in [0.5, 0.6) is 0 Å². The molecule has 0 atom stereocenters. The van der Waals surface area contributed by atoms with Crippen molar-refractivity contribution in [2.75, 3.05) is 0 Å². The average molecular weight is 153 g/mol. The molecule has 0 aromatic heterocycles. The van der Waals surface area contributed by atoms with Gasteiger partial charge in [-0.25, -0.2) is 0 Å². The van der Waals surface area contributed by atoms with Crippen molar-refractivity contribution in [1.29, 1.82) is 0 Å². The van der Waals surface area contributed by atoms with Gasteiger partial charge in [0.2, 0.25) is 0 Å². The van der Waals surface area contributed by atoms with Gasteiger partial charge >= 0.3 is 0 Å². The lowest BCUT2D eigenvalue weighted by atomic mass is 10.2. The Morgan fingerprint density at radius 3 is 2.36 bits per heavy atom. The van der Waals surface area contributed by atoms with E-state index in [-0.39, 0.29) is 11.3 Å². The van der Waals surface area contributed by atoms with Crippen LogP contribution >= 0.6 is 0 Å². The van der Waals surface area contributed by atoms with Crippen molar-refractivity contribution < 1.29 is 9.72 Å². The highest BCUT2D eigenvalue weighted by atomic mass is 16.6. The van der Waals surface area contributed by atoms with E-state index in [9.17, 15) is 14.9 Å². The fourth-order valence-electron chi connectivity index (χ4n) is 0.457. The summed E-state index contributed by atoms with van der Waals surface area (Å²) >= 11 is 0. The Morgan fingerprint density at radius 1 is 1.55 bits per heavy atom. The van der Waals surface area contributed by atoms with Crippen molar-refractivity contribution >= 4 is 6.29 Å². The maximum absolute atomic E-state index is 10.2. The Morgan fingerprint density at radius 2 is 2.09 bits per heavy atom. The predicted molar refractivity (Wildman–Crippen MR) is 40.5 cm³/mol. The lowest BCUT2D eigenvalue weighted by Gasteiger charge is -1.91. The van der Waals surface area contributed by atoms with Crippen molar-refractivity contribution in [1.82, 2.24) is 0 Å². The van der Waals surface area contributed by atoms with Crippen LogP contribution in [0.4, 0.5) is 0 Å². The third-order valence-electron chi connectivity index (χ3n) is 0.944. The summed E-state index contributed by atoms with van der Waals surface area (Å²) in [6.45, 7) is 6.45. The number of carbonyl (C=O) groups is 1. The van der Waals surface area contributed by atoms with Gasteiger partial charge in [-0.1, -0.05) is 19.2 Å².